The Hall–Kier alpha value is -3.60. The first kappa shape index (κ1) is 19.2. The summed E-state index contributed by atoms with van der Waals surface area (Å²) in [6, 6.07) is 18.5. The van der Waals surface area contributed by atoms with Gasteiger partial charge in [0.1, 0.15) is 11.5 Å². The molecule has 0 aliphatic carbocycles. The van der Waals surface area contributed by atoms with Crippen LogP contribution in [0.4, 0.5) is 0 Å². The van der Waals surface area contributed by atoms with Crippen LogP contribution in [0.2, 0.25) is 0 Å². The molecule has 2 aromatic carbocycles. The standard InChI is InChI=1S/C23H22N2O3/c1-16-8-10-19(11-9-16)22(26)25-21(14-20-7-4-12-28-20)23(27)24-15-18-6-3-5-17(2)13-18/h3-14H,15H2,1-2H3,(H,24,27)(H,25,26)/b21-14-. The highest BCUT2D eigenvalue weighted by molar-refractivity contribution is 6.05. The molecule has 0 atom stereocenters. The van der Waals surface area contributed by atoms with E-state index in [-0.39, 0.29) is 11.6 Å². The lowest BCUT2D eigenvalue weighted by molar-refractivity contribution is -0.117. The van der Waals surface area contributed by atoms with Crippen LogP contribution in [0.1, 0.15) is 32.8 Å². The average molecular weight is 374 g/mol. The quantitative estimate of drug-likeness (QED) is 0.641. The molecule has 1 heterocycles. The van der Waals surface area contributed by atoms with Crippen LogP contribution in [0.25, 0.3) is 6.08 Å². The molecule has 0 unspecified atom stereocenters. The second kappa shape index (κ2) is 8.86. The number of rotatable bonds is 6. The second-order valence-electron chi connectivity index (χ2n) is 6.57. The molecule has 28 heavy (non-hydrogen) atoms. The molecule has 2 amide bonds. The Morgan fingerprint density at radius 2 is 1.75 bits per heavy atom. The lowest BCUT2D eigenvalue weighted by Gasteiger charge is -2.11. The maximum atomic E-state index is 12.7. The van der Waals surface area contributed by atoms with E-state index >= 15 is 0 Å². The Balaban J connectivity index is 1.75. The minimum Gasteiger partial charge on any atom is -0.465 e. The summed E-state index contributed by atoms with van der Waals surface area (Å²) in [5, 5.41) is 5.53. The minimum atomic E-state index is -0.390. The molecule has 3 aromatic rings. The number of nitrogens with one attached hydrogen (secondary N) is 2. The van der Waals surface area contributed by atoms with Gasteiger partial charge in [0.15, 0.2) is 0 Å². The zero-order valence-electron chi connectivity index (χ0n) is 15.9. The van der Waals surface area contributed by atoms with Crippen molar-refractivity contribution in [3.8, 4) is 0 Å². The van der Waals surface area contributed by atoms with Crippen molar-refractivity contribution in [2.75, 3.05) is 0 Å². The third kappa shape index (κ3) is 5.20. The normalized spacial score (nSPS) is 11.1. The van der Waals surface area contributed by atoms with Gasteiger partial charge in [0.05, 0.1) is 6.26 Å². The second-order valence-corrected chi connectivity index (χ2v) is 6.57. The molecule has 0 saturated heterocycles. The molecule has 142 valence electrons. The smallest absolute Gasteiger partial charge is 0.268 e. The molecule has 5 nitrogen and oxygen atoms in total. The van der Waals surface area contributed by atoms with Gasteiger partial charge in [0.25, 0.3) is 11.8 Å². The van der Waals surface area contributed by atoms with Gasteiger partial charge in [-0.3, -0.25) is 9.59 Å². The van der Waals surface area contributed by atoms with Crippen LogP contribution in [-0.4, -0.2) is 11.8 Å². The number of carbonyl (C=O) groups excluding carboxylic acids is 2. The van der Waals surface area contributed by atoms with Gasteiger partial charge in [-0.05, 0) is 43.7 Å². The summed E-state index contributed by atoms with van der Waals surface area (Å²) < 4.78 is 5.29. The third-order valence-corrected chi connectivity index (χ3v) is 4.17. The van der Waals surface area contributed by atoms with Gasteiger partial charge in [-0.25, -0.2) is 0 Å². The zero-order valence-corrected chi connectivity index (χ0v) is 15.9. The molecule has 0 radical (unpaired) electrons. The average Bonchev–Trinajstić information content (AvgIpc) is 3.19. The number of carbonyl (C=O) groups is 2. The van der Waals surface area contributed by atoms with Crippen molar-refractivity contribution in [3.05, 3.63) is 101 Å². The molecule has 1 aromatic heterocycles. The van der Waals surface area contributed by atoms with Crippen molar-refractivity contribution in [2.24, 2.45) is 0 Å². The van der Waals surface area contributed by atoms with E-state index in [2.05, 4.69) is 10.6 Å². The van der Waals surface area contributed by atoms with Gasteiger partial charge >= 0.3 is 0 Å². The first-order chi connectivity index (χ1) is 13.5. The summed E-state index contributed by atoms with van der Waals surface area (Å²) in [5.74, 6) is -0.271. The zero-order chi connectivity index (χ0) is 19.9. The number of benzene rings is 2. The number of furan rings is 1. The fraction of sp³-hybridized carbons (Fsp3) is 0.130. The topological polar surface area (TPSA) is 71.3 Å². The van der Waals surface area contributed by atoms with Crippen molar-refractivity contribution in [2.45, 2.75) is 20.4 Å². The number of aryl methyl sites for hydroxylation is 2. The van der Waals surface area contributed by atoms with Crippen molar-refractivity contribution < 1.29 is 14.0 Å². The van der Waals surface area contributed by atoms with Crippen molar-refractivity contribution in [1.29, 1.82) is 0 Å². The molecule has 0 saturated carbocycles. The highest BCUT2D eigenvalue weighted by Crippen LogP contribution is 2.09. The lowest BCUT2D eigenvalue weighted by Crippen LogP contribution is -2.34. The number of amides is 2. The van der Waals surface area contributed by atoms with Gasteiger partial charge in [-0.2, -0.15) is 0 Å². The summed E-state index contributed by atoms with van der Waals surface area (Å²) in [7, 11) is 0. The number of hydrogen-bond donors (Lipinski definition) is 2. The van der Waals surface area contributed by atoms with E-state index in [9.17, 15) is 9.59 Å². The first-order valence-corrected chi connectivity index (χ1v) is 8.98. The fourth-order valence-electron chi connectivity index (χ4n) is 2.67. The van der Waals surface area contributed by atoms with Crippen molar-refractivity contribution >= 4 is 17.9 Å². The molecule has 3 rings (SSSR count). The Bertz CT molecular complexity index is 987. The highest BCUT2D eigenvalue weighted by Gasteiger charge is 2.15. The Kier molecular flexibility index (Phi) is 6.07. The van der Waals surface area contributed by atoms with Gasteiger partial charge < -0.3 is 15.1 Å². The molecular weight excluding hydrogens is 352 g/mol. The Morgan fingerprint density at radius 1 is 0.964 bits per heavy atom. The lowest BCUT2D eigenvalue weighted by atomic mass is 10.1. The van der Waals surface area contributed by atoms with Crippen LogP contribution in [0.5, 0.6) is 0 Å². The maximum Gasteiger partial charge on any atom is 0.268 e. The van der Waals surface area contributed by atoms with Crippen LogP contribution in [0.3, 0.4) is 0 Å². The van der Waals surface area contributed by atoms with Gasteiger partial charge in [0.2, 0.25) is 0 Å². The molecular formula is C23H22N2O3. The van der Waals surface area contributed by atoms with E-state index in [0.717, 1.165) is 16.7 Å². The summed E-state index contributed by atoms with van der Waals surface area (Å²) in [6.45, 7) is 4.30. The largest absolute Gasteiger partial charge is 0.465 e. The SMILES string of the molecule is Cc1ccc(C(=O)N/C(=C\c2ccco2)C(=O)NCc2cccc(C)c2)cc1. The van der Waals surface area contributed by atoms with Gasteiger partial charge in [-0.1, -0.05) is 47.5 Å². The molecule has 0 aliphatic rings. The van der Waals surface area contributed by atoms with Crippen LogP contribution < -0.4 is 10.6 Å². The summed E-state index contributed by atoms with van der Waals surface area (Å²) in [5.41, 5.74) is 3.75. The van der Waals surface area contributed by atoms with E-state index in [1.165, 1.54) is 12.3 Å². The Morgan fingerprint density at radius 3 is 2.43 bits per heavy atom. The van der Waals surface area contributed by atoms with Crippen molar-refractivity contribution in [1.82, 2.24) is 10.6 Å². The van der Waals surface area contributed by atoms with E-state index in [0.29, 0.717) is 17.9 Å². The van der Waals surface area contributed by atoms with E-state index in [4.69, 9.17) is 4.42 Å². The van der Waals surface area contributed by atoms with E-state index in [1.54, 1.807) is 24.3 Å². The fourth-order valence-corrected chi connectivity index (χ4v) is 2.67. The van der Waals surface area contributed by atoms with E-state index in [1.807, 2.05) is 50.2 Å². The minimum absolute atomic E-state index is 0.119. The molecule has 0 spiro atoms. The Labute approximate surface area is 164 Å². The van der Waals surface area contributed by atoms with Crippen molar-refractivity contribution in [3.63, 3.8) is 0 Å². The predicted octanol–water partition coefficient (Wildman–Crippen LogP) is 3.98. The van der Waals surface area contributed by atoms with E-state index < -0.39 is 5.91 Å². The first-order valence-electron chi connectivity index (χ1n) is 8.98. The summed E-state index contributed by atoms with van der Waals surface area (Å²) >= 11 is 0. The monoisotopic (exact) mass is 374 g/mol. The van der Waals surface area contributed by atoms with Crippen LogP contribution >= 0.6 is 0 Å². The molecule has 0 aliphatic heterocycles. The molecule has 5 heteroatoms. The molecule has 0 bridgehead atoms. The van der Waals surface area contributed by atoms with Crippen LogP contribution in [0, 0.1) is 13.8 Å². The van der Waals surface area contributed by atoms with Crippen LogP contribution in [0.15, 0.2) is 77.0 Å². The summed E-state index contributed by atoms with van der Waals surface area (Å²) in [6.07, 6.45) is 3.02. The maximum absolute atomic E-state index is 12.7. The van der Waals surface area contributed by atoms with Gasteiger partial charge in [-0.15, -0.1) is 0 Å². The van der Waals surface area contributed by atoms with Crippen LogP contribution in [-0.2, 0) is 11.3 Å². The third-order valence-electron chi connectivity index (χ3n) is 4.17. The predicted molar refractivity (Wildman–Crippen MR) is 108 cm³/mol. The number of hydrogen-bond acceptors (Lipinski definition) is 3. The van der Waals surface area contributed by atoms with Gasteiger partial charge in [0, 0.05) is 18.2 Å². The molecule has 2 N–H and O–H groups in total. The summed E-state index contributed by atoms with van der Waals surface area (Å²) in [4.78, 5) is 25.3. The molecule has 0 fully saturated rings. The highest BCUT2D eigenvalue weighted by atomic mass is 16.3.